The molecule has 0 aromatic carbocycles. The molecule has 0 atom stereocenters. The molecule has 0 spiro atoms. The van der Waals surface area contributed by atoms with Crippen LogP contribution in [0.3, 0.4) is 0 Å². The van der Waals surface area contributed by atoms with E-state index >= 15 is 0 Å². The van der Waals surface area contributed by atoms with Crippen molar-refractivity contribution in [3.8, 4) is 0 Å². The summed E-state index contributed by atoms with van der Waals surface area (Å²) in [7, 11) is 0. The molecule has 0 radical (unpaired) electrons. The SMILES string of the molecule is CCOC(=O)c1c(C)cc(=O)n(C2CC(OCC)C2)c1C. The molecule has 5 heteroatoms. The van der Waals surface area contributed by atoms with E-state index in [-0.39, 0.29) is 23.7 Å². The summed E-state index contributed by atoms with van der Waals surface area (Å²) < 4.78 is 12.4. The second-order valence-corrected chi connectivity index (χ2v) is 5.42. The van der Waals surface area contributed by atoms with Gasteiger partial charge in [0.2, 0.25) is 0 Å². The topological polar surface area (TPSA) is 57.5 Å². The predicted octanol–water partition coefficient (Wildman–Crippen LogP) is 2.38. The number of nitrogens with zero attached hydrogens (tertiary/aromatic N) is 1. The van der Waals surface area contributed by atoms with Crippen molar-refractivity contribution in [3.05, 3.63) is 33.2 Å². The molecule has 5 nitrogen and oxygen atoms in total. The van der Waals surface area contributed by atoms with Gasteiger partial charge >= 0.3 is 5.97 Å². The summed E-state index contributed by atoms with van der Waals surface area (Å²) in [6.45, 7) is 8.34. The van der Waals surface area contributed by atoms with Crippen LogP contribution in [0.1, 0.15) is 54.3 Å². The Hall–Kier alpha value is -1.62. The smallest absolute Gasteiger partial charge is 0.340 e. The lowest BCUT2D eigenvalue weighted by Crippen LogP contribution is -2.40. The van der Waals surface area contributed by atoms with Crippen LogP contribution in [-0.4, -0.2) is 29.9 Å². The standard InChI is InChI=1S/C16H23NO4/c1-5-20-13-8-12(9-13)17-11(4)15(16(19)21-6-2)10(3)7-14(17)18/h7,12-13H,5-6,8-9H2,1-4H3. The van der Waals surface area contributed by atoms with Crippen LogP contribution in [-0.2, 0) is 9.47 Å². The molecule has 0 amide bonds. The van der Waals surface area contributed by atoms with Gasteiger partial charge in [-0.3, -0.25) is 4.79 Å². The molecule has 0 N–H and O–H groups in total. The minimum atomic E-state index is -0.359. The van der Waals surface area contributed by atoms with Gasteiger partial charge in [-0.2, -0.15) is 0 Å². The van der Waals surface area contributed by atoms with Crippen LogP contribution < -0.4 is 5.56 Å². The Kier molecular flexibility index (Phi) is 4.83. The molecule has 21 heavy (non-hydrogen) atoms. The van der Waals surface area contributed by atoms with Gasteiger partial charge in [0.05, 0.1) is 18.3 Å². The van der Waals surface area contributed by atoms with Crippen molar-refractivity contribution in [2.24, 2.45) is 0 Å². The van der Waals surface area contributed by atoms with Gasteiger partial charge in [-0.15, -0.1) is 0 Å². The van der Waals surface area contributed by atoms with Gasteiger partial charge in [0, 0.05) is 24.4 Å². The highest BCUT2D eigenvalue weighted by atomic mass is 16.5. The van der Waals surface area contributed by atoms with Crippen molar-refractivity contribution in [1.29, 1.82) is 0 Å². The molecule has 0 aliphatic heterocycles. The molecule has 0 bridgehead atoms. The van der Waals surface area contributed by atoms with Crippen molar-refractivity contribution >= 4 is 5.97 Å². The molecule has 1 aliphatic carbocycles. The minimum absolute atomic E-state index is 0.0574. The Morgan fingerprint density at radius 2 is 1.95 bits per heavy atom. The number of aryl methyl sites for hydroxylation is 1. The number of hydrogen-bond donors (Lipinski definition) is 0. The monoisotopic (exact) mass is 293 g/mol. The third-order valence-electron chi connectivity index (χ3n) is 4.01. The molecule has 1 aromatic heterocycles. The van der Waals surface area contributed by atoms with Crippen molar-refractivity contribution < 1.29 is 14.3 Å². The maximum atomic E-state index is 12.3. The first-order valence-electron chi connectivity index (χ1n) is 7.51. The summed E-state index contributed by atoms with van der Waals surface area (Å²) in [6, 6.07) is 1.63. The van der Waals surface area contributed by atoms with E-state index in [9.17, 15) is 9.59 Å². The fourth-order valence-electron chi connectivity index (χ4n) is 2.98. The highest BCUT2D eigenvalue weighted by molar-refractivity contribution is 5.92. The summed E-state index contributed by atoms with van der Waals surface area (Å²) in [4.78, 5) is 24.3. The predicted molar refractivity (Wildman–Crippen MR) is 79.8 cm³/mol. The molecule has 1 saturated carbocycles. The number of hydrogen-bond acceptors (Lipinski definition) is 4. The van der Waals surface area contributed by atoms with Crippen LogP contribution in [0.25, 0.3) is 0 Å². The first-order chi connectivity index (χ1) is 9.99. The molecule has 0 saturated heterocycles. The van der Waals surface area contributed by atoms with E-state index in [0.29, 0.717) is 30.0 Å². The number of ether oxygens (including phenoxy) is 2. The molecule has 1 aromatic rings. The van der Waals surface area contributed by atoms with Crippen LogP contribution in [0.5, 0.6) is 0 Å². The highest BCUT2D eigenvalue weighted by Gasteiger charge is 2.33. The zero-order chi connectivity index (χ0) is 15.6. The largest absolute Gasteiger partial charge is 0.462 e. The van der Waals surface area contributed by atoms with Crippen LogP contribution in [0.2, 0.25) is 0 Å². The quantitative estimate of drug-likeness (QED) is 0.782. The highest BCUT2D eigenvalue weighted by Crippen LogP contribution is 2.35. The fraction of sp³-hybridized carbons (Fsp3) is 0.625. The minimum Gasteiger partial charge on any atom is -0.462 e. The normalized spacial score (nSPS) is 21.0. The van der Waals surface area contributed by atoms with E-state index in [4.69, 9.17) is 9.47 Å². The van der Waals surface area contributed by atoms with E-state index in [1.165, 1.54) is 6.07 Å². The number of aromatic nitrogens is 1. The zero-order valence-electron chi connectivity index (χ0n) is 13.1. The lowest BCUT2D eigenvalue weighted by molar-refractivity contribution is -0.0210. The van der Waals surface area contributed by atoms with Crippen LogP contribution in [0.4, 0.5) is 0 Å². The summed E-state index contributed by atoms with van der Waals surface area (Å²) in [5.41, 5.74) is 1.82. The van der Waals surface area contributed by atoms with E-state index in [0.717, 1.165) is 12.8 Å². The molecular formula is C16H23NO4. The van der Waals surface area contributed by atoms with Gasteiger partial charge in [0.1, 0.15) is 0 Å². The van der Waals surface area contributed by atoms with Gasteiger partial charge in [-0.05, 0) is 46.1 Å². The second-order valence-electron chi connectivity index (χ2n) is 5.42. The summed E-state index contributed by atoms with van der Waals surface area (Å²) in [6.07, 6.45) is 1.86. The number of carbonyl (C=O) groups excluding carboxylic acids is 1. The number of rotatable bonds is 5. The number of carbonyl (C=O) groups is 1. The Bertz CT molecular complexity index is 585. The number of pyridine rings is 1. The van der Waals surface area contributed by atoms with Crippen molar-refractivity contribution in [3.63, 3.8) is 0 Å². The van der Waals surface area contributed by atoms with Crippen molar-refractivity contribution in [2.45, 2.75) is 52.7 Å². The molecule has 1 aliphatic rings. The lowest BCUT2D eigenvalue weighted by atomic mass is 9.88. The van der Waals surface area contributed by atoms with Gasteiger partial charge in [-0.25, -0.2) is 4.79 Å². The maximum Gasteiger partial charge on any atom is 0.340 e. The van der Waals surface area contributed by atoms with Crippen LogP contribution >= 0.6 is 0 Å². The van der Waals surface area contributed by atoms with E-state index in [1.54, 1.807) is 18.4 Å². The number of esters is 1. The molecular weight excluding hydrogens is 270 g/mol. The Labute approximate surface area is 124 Å². The van der Waals surface area contributed by atoms with Gasteiger partial charge < -0.3 is 14.0 Å². The third-order valence-corrected chi connectivity index (χ3v) is 4.01. The van der Waals surface area contributed by atoms with Crippen molar-refractivity contribution in [1.82, 2.24) is 4.57 Å². The summed E-state index contributed by atoms with van der Waals surface area (Å²) >= 11 is 0. The Balaban J connectivity index is 2.33. The summed E-state index contributed by atoms with van der Waals surface area (Å²) in [5, 5.41) is 0. The lowest BCUT2D eigenvalue weighted by Gasteiger charge is -2.37. The third kappa shape index (κ3) is 3.02. The maximum absolute atomic E-state index is 12.3. The van der Waals surface area contributed by atoms with Crippen molar-refractivity contribution in [2.75, 3.05) is 13.2 Å². The molecule has 1 fully saturated rings. The van der Waals surface area contributed by atoms with Gasteiger partial charge in [0.15, 0.2) is 0 Å². The Morgan fingerprint density at radius 3 is 2.52 bits per heavy atom. The first kappa shape index (κ1) is 15.8. The second kappa shape index (κ2) is 6.43. The molecule has 1 heterocycles. The fourth-order valence-corrected chi connectivity index (χ4v) is 2.98. The summed E-state index contributed by atoms with van der Waals surface area (Å²) in [5.74, 6) is -0.359. The zero-order valence-corrected chi connectivity index (χ0v) is 13.1. The average molecular weight is 293 g/mol. The average Bonchev–Trinajstić information content (AvgIpc) is 2.35. The van der Waals surface area contributed by atoms with Crippen LogP contribution in [0.15, 0.2) is 10.9 Å². The Morgan fingerprint density at radius 1 is 1.29 bits per heavy atom. The first-order valence-corrected chi connectivity index (χ1v) is 7.51. The van der Waals surface area contributed by atoms with Gasteiger partial charge in [0.25, 0.3) is 5.56 Å². The van der Waals surface area contributed by atoms with E-state index < -0.39 is 0 Å². The van der Waals surface area contributed by atoms with E-state index in [2.05, 4.69) is 0 Å². The van der Waals surface area contributed by atoms with E-state index in [1.807, 2.05) is 13.8 Å². The van der Waals surface area contributed by atoms with Crippen LogP contribution in [0, 0.1) is 13.8 Å². The molecule has 0 unspecified atom stereocenters. The van der Waals surface area contributed by atoms with Gasteiger partial charge in [-0.1, -0.05) is 0 Å². The molecule has 2 rings (SSSR count). The molecule has 116 valence electrons.